The minimum absolute atomic E-state index is 0.0233. The highest BCUT2D eigenvalue weighted by atomic mass is 19.3. The van der Waals surface area contributed by atoms with Crippen LogP contribution >= 0.6 is 0 Å². The van der Waals surface area contributed by atoms with Gasteiger partial charge in [-0.15, -0.1) is 0 Å². The Labute approximate surface area is 230 Å². The van der Waals surface area contributed by atoms with Gasteiger partial charge in [-0.25, -0.2) is 9.18 Å². The number of halogens is 3. The number of likely N-dealkylation sites (N-methyl/N-ethyl adjacent to an activating group) is 2. The number of amides is 3. The average molecular weight is 557 g/mol. The van der Waals surface area contributed by atoms with Gasteiger partial charge >= 0.3 is 12.6 Å². The molecule has 5 N–H and O–H groups in total. The lowest BCUT2D eigenvalue weighted by molar-refractivity contribution is -0.128. The molecule has 9 nitrogen and oxygen atoms in total. The molecule has 0 aliphatic heterocycles. The third-order valence-electron chi connectivity index (χ3n) is 5.98. The van der Waals surface area contributed by atoms with Gasteiger partial charge in [-0.2, -0.15) is 8.78 Å². The number of nitrogens with one attached hydrogen (secondary N) is 3. The Hall–Kier alpha value is -4.74. The average Bonchev–Trinajstić information content (AvgIpc) is 2.92. The predicted molar refractivity (Wildman–Crippen MR) is 147 cm³/mol. The first-order valence-electron chi connectivity index (χ1n) is 12.3. The van der Waals surface area contributed by atoms with E-state index < -0.39 is 30.1 Å². The molecule has 0 aliphatic rings. The molecular formula is C28H31F3N6O3. The zero-order chi connectivity index (χ0) is 29.2. The second-order valence-electron chi connectivity index (χ2n) is 9.01. The molecule has 0 unspecified atom stereocenters. The van der Waals surface area contributed by atoms with Crippen LogP contribution in [0, 0.1) is 11.2 Å². The summed E-state index contributed by atoms with van der Waals surface area (Å²) in [6.07, 6.45) is 0.605. The molecular weight excluding hydrogens is 525 g/mol. The van der Waals surface area contributed by atoms with Crippen LogP contribution in [-0.4, -0.2) is 61.4 Å². The number of carbonyl (C=O) groups is 2. The molecule has 212 valence electrons. The monoisotopic (exact) mass is 556 g/mol. The van der Waals surface area contributed by atoms with Crippen molar-refractivity contribution in [2.45, 2.75) is 19.6 Å². The summed E-state index contributed by atoms with van der Waals surface area (Å²) in [6, 6.07) is 17.8. The third kappa shape index (κ3) is 8.65. The highest BCUT2D eigenvalue weighted by Crippen LogP contribution is 2.30. The molecule has 0 aliphatic carbocycles. The largest absolute Gasteiger partial charge is 0.431 e. The van der Waals surface area contributed by atoms with E-state index in [-0.39, 0.29) is 30.2 Å². The lowest BCUT2D eigenvalue weighted by atomic mass is 10.1. The number of nitrogen functional groups attached to an aromatic ring is 1. The highest BCUT2D eigenvalue weighted by molar-refractivity contribution is 5.95. The van der Waals surface area contributed by atoms with Crippen molar-refractivity contribution in [3.05, 3.63) is 89.2 Å². The molecule has 0 bridgehead atoms. The molecule has 12 heteroatoms. The summed E-state index contributed by atoms with van der Waals surface area (Å²) in [5.41, 5.74) is 7.57. The van der Waals surface area contributed by atoms with Crippen LogP contribution in [0.1, 0.15) is 16.7 Å². The van der Waals surface area contributed by atoms with Gasteiger partial charge in [0.05, 0.1) is 6.54 Å². The first-order chi connectivity index (χ1) is 19.0. The van der Waals surface area contributed by atoms with Gasteiger partial charge in [0.2, 0.25) is 5.91 Å². The van der Waals surface area contributed by atoms with Gasteiger partial charge in [-0.1, -0.05) is 30.3 Å². The number of benzene rings is 3. The van der Waals surface area contributed by atoms with Crippen LogP contribution in [0.2, 0.25) is 0 Å². The zero-order valence-electron chi connectivity index (χ0n) is 22.1. The lowest BCUT2D eigenvalue weighted by Gasteiger charge is -2.22. The van der Waals surface area contributed by atoms with Crippen molar-refractivity contribution in [2.75, 3.05) is 37.8 Å². The Balaban J connectivity index is 1.67. The van der Waals surface area contributed by atoms with E-state index in [1.807, 2.05) is 30.3 Å². The quantitative estimate of drug-likeness (QED) is 0.193. The van der Waals surface area contributed by atoms with E-state index in [9.17, 15) is 22.8 Å². The maximum Gasteiger partial charge on any atom is 0.387 e. The summed E-state index contributed by atoms with van der Waals surface area (Å²) >= 11 is 0. The second kappa shape index (κ2) is 13.9. The number of hydrogen-bond donors (Lipinski definition) is 4. The summed E-state index contributed by atoms with van der Waals surface area (Å²) in [5, 5.41) is 12.9. The molecule has 3 amide bonds. The normalized spacial score (nSPS) is 10.7. The van der Waals surface area contributed by atoms with E-state index >= 15 is 0 Å². The van der Waals surface area contributed by atoms with Crippen LogP contribution in [0.5, 0.6) is 5.75 Å². The molecule has 0 saturated carbocycles. The van der Waals surface area contributed by atoms with Gasteiger partial charge in [0.25, 0.3) is 0 Å². The fourth-order valence-corrected chi connectivity index (χ4v) is 3.75. The Morgan fingerprint density at radius 1 is 1.00 bits per heavy atom. The smallest absolute Gasteiger partial charge is 0.387 e. The van der Waals surface area contributed by atoms with Gasteiger partial charge in [0.1, 0.15) is 5.84 Å². The van der Waals surface area contributed by atoms with Crippen LogP contribution < -0.4 is 21.1 Å². The summed E-state index contributed by atoms with van der Waals surface area (Å²) < 4.78 is 45.3. The van der Waals surface area contributed by atoms with Crippen molar-refractivity contribution in [1.82, 2.24) is 9.80 Å². The maximum absolute atomic E-state index is 14.8. The molecule has 0 spiro atoms. The van der Waals surface area contributed by atoms with E-state index in [0.717, 1.165) is 11.6 Å². The number of anilines is 2. The topological polar surface area (TPSA) is 124 Å². The molecule has 40 heavy (non-hydrogen) atoms. The summed E-state index contributed by atoms with van der Waals surface area (Å²) in [4.78, 5) is 28.0. The molecule has 0 atom stereocenters. The van der Waals surface area contributed by atoms with Crippen molar-refractivity contribution < 1.29 is 27.5 Å². The van der Waals surface area contributed by atoms with Crippen LogP contribution in [0.15, 0.2) is 66.7 Å². The number of hydrogen-bond acceptors (Lipinski definition) is 5. The minimum atomic E-state index is -3.29. The van der Waals surface area contributed by atoms with Gasteiger partial charge in [0.15, 0.2) is 11.6 Å². The number of nitrogens with zero attached hydrogens (tertiary/aromatic N) is 2. The van der Waals surface area contributed by atoms with E-state index in [1.165, 1.54) is 22.9 Å². The number of alkyl halides is 2. The van der Waals surface area contributed by atoms with Crippen molar-refractivity contribution in [3.63, 3.8) is 0 Å². The number of nitrogens with two attached hydrogens (primary N) is 1. The number of amidine groups is 1. The van der Waals surface area contributed by atoms with Gasteiger partial charge < -0.3 is 30.9 Å². The lowest BCUT2D eigenvalue weighted by Crippen LogP contribution is -2.33. The van der Waals surface area contributed by atoms with Gasteiger partial charge in [-0.05, 0) is 42.3 Å². The number of urea groups is 1. The highest BCUT2D eigenvalue weighted by Gasteiger charge is 2.21. The Bertz CT molecular complexity index is 1320. The third-order valence-corrected chi connectivity index (χ3v) is 5.98. The van der Waals surface area contributed by atoms with Crippen molar-refractivity contribution in [2.24, 2.45) is 5.73 Å². The predicted octanol–water partition coefficient (Wildman–Crippen LogP) is 4.49. The first kappa shape index (κ1) is 29.8. The molecule has 0 aromatic heterocycles. The van der Waals surface area contributed by atoms with Gasteiger partial charge in [-0.3, -0.25) is 10.2 Å². The Morgan fingerprint density at radius 2 is 1.68 bits per heavy atom. The maximum atomic E-state index is 14.8. The molecule has 3 aromatic carbocycles. The summed E-state index contributed by atoms with van der Waals surface area (Å²) in [7, 11) is 3.01. The zero-order valence-corrected chi connectivity index (χ0v) is 22.1. The van der Waals surface area contributed by atoms with Crippen molar-refractivity contribution in [3.8, 4) is 5.75 Å². The Morgan fingerprint density at radius 3 is 2.30 bits per heavy atom. The number of carbonyl (C=O) groups excluding carboxylic acids is 2. The van der Waals surface area contributed by atoms with E-state index in [0.29, 0.717) is 24.2 Å². The molecule has 0 saturated heterocycles. The minimum Gasteiger partial charge on any atom is -0.431 e. The standard InChI is InChI=1S/C28H31F3N6O3/c1-36(13-12-18-6-4-3-5-7-18)28(39)35-22-14-20(25(23(29)15-22)40-27(30)31)17-37(2)24(38)16-34-21-10-8-19(9-11-21)26(32)33/h3-11,14-15,27,34H,12-13,16-17H2,1-2H3,(H3,32,33)(H,35,39). The Kier molecular flexibility index (Phi) is 10.3. The van der Waals surface area contributed by atoms with Crippen LogP contribution in [0.25, 0.3) is 0 Å². The first-order valence-corrected chi connectivity index (χ1v) is 12.3. The SMILES string of the molecule is CN(Cc1cc(NC(=O)N(C)CCc2ccccc2)cc(F)c1OC(F)F)C(=O)CNc1ccc(C(=N)N)cc1. The van der Waals surface area contributed by atoms with Crippen LogP contribution in [-0.2, 0) is 17.8 Å². The fraction of sp³-hybridized carbons (Fsp3) is 0.250. The van der Waals surface area contributed by atoms with Crippen LogP contribution in [0.3, 0.4) is 0 Å². The van der Waals surface area contributed by atoms with E-state index in [4.69, 9.17) is 11.1 Å². The van der Waals surface area contributed by atoms with Crippen molar-refractivity contribution >= 4 is 29.1 Å². The van der Waals surface area contributed by atoms with E-state index in [1.54, 1.807) is 31.3 Å². The number of rotatable bonds is 12. The summed E-state index contributed by atoms with van der Waals surface area (Å²) in [6.45, 7) is -3.32. The van der Waals surface area contributed by atoms with Crippen LogP contribution in [0.4, 0.5) is 29.3 Å². The molecule has 3 aromatic rings. The molecule has 0 fully saturated rings. The number of ether oxygens (including phenoxy) is 1. The second-order valence-corrected chi connectivity index (χ2v) is 9.01. The molecule has 0 heterocycles. The molecule has 3 rings (SSSR count). The fourth-order valence-electron chi connectivity index (χ4n) is 3.75. The van der Waals surface area contributed by atoms with E-state index in [2.05, 4.69) is 15.4 Å². The molecule has 0 radical (unpaired) electrons. The van der Waals surface area contributed by atoms with Gasteiger partial charge in [0, 0.05) is 55.8 Å². The van der Waals surface area contributed by atoms with Crippen molar-refractivity contribution in [1.29, 1.82) is 5.41 Å². The summed E-state index contributed by atoms with van der Waals surface area (Å²) in [5.74, 6) is -2.33.